The van der Waals surface area contributed by atoms with Crippen LogP contribution in [0.25, 0.3) is 0 Å². The molecule has 4 aromatic rings. The minimum atomic E-state index is -0.757. The van der Waals surface area contributed by atoms with Crippen molar-refractivity contribution in [3.63, 3.8) is 0 Å². The second-order valence-electron chi connectivity index (χ2n) is 9.55. The smallest absolute Gasteiger partial charge is 0.411 e. The molecule has 196 valence electrons. The van der Waals surface area contributed by atoms with E-state index >= 15 is 0 Å². The lowest BCUT2D eigenvalue weighted by molar-refractivity contribution is -0.131. The summed E-state index contributed by atoms with van der Waals surface area (Å²) in [6.07, 6.45) is -1.07. The maximum Gasteiger partial charge on any atom is 0.411 e. The van der Waals surface area contributed by atoms with Gasteiger partial charge in [0, 0.05) is 5.69 Å². The lowest BCUT2D eigenvalue weighted by Gasteiger charge is -2.51. The molecule has 0 radical (unpaired) electrons. The van der Waals surface area contributed by atoms with Gasteiger partial charge in [0.05, 0.1) is 20.3 Å². The summed E-state index contributed by atoms with van der Waals surface area (Å²) in [4.78, 5) is 31.0. The molecule has 2 fully saturated rings. The van der Waals surface area contributed by atoms with Crippen LogP contribution in [0, 0.1) is 0 Å². The normalized spacial score (nSPS) is 22.3. The van der Waals surface area contributed by atoms with Gasteiger partial charge in [-0.1, -0.05) is 72.8 Å². The third-order valence-corrected chi connectivity index (χ3v) is 7.47. The van der Waals surface area contributed by atoms with Crippen molar-refractivity contribution in [1.82, 2.24) is 4.90 Å². The lowest BCUT2D eigenvalue weighted by Crippen LogP contribution is -2.66. The van der Waals surface area contributed by atoms with E-state index in [0.717, 1.165) is 22.4 Å². The Morgan fingerprint density at radius 3 is 1.67 bits per heavy atom. The van der Waals surface area contributed by atoms with Crippen LogP contribution in [-0.2, 0) is 9.53 Å². The number of carbonyl (C=O) groups is 2. The van der Waals surface area contributed by atoms with Crippen LogP contribution in [0.3, 0.4) is 0 Å². The Hall–Kier alpha value is -4.78. The standard InChI is InChI=1S/C32H28N2O5/c1-37-25-17-13-22(14-18-25)27-29(31(35)33(27)24-15-19-26(38-2)20-16-24)34-28(21-9-5-3-6-10-21)30(39-32(34)36)23-11-7-4-8-12-23/h3-20,27-30H,1-2H3/t27-,28+,29+,30-/m0/s1. The number of β-lactam (4-membered cyclic amide) rings is 1. The zero-order valence-corrected chi connectivity index (χ0v) is 21.6. The van der Waals surface area contributed by atoms with Gasteiger partial charge in [0.2, 0.25) is 0 Å². The number of rotatable bonds is 7. The zero-order valence-electron chi connectivity index (χ0n) is 21.6. The summed E-state index contributed by atoms with van der Waals surface area (Å²) in [6, 6.07) is 32.7. The fourth-order valence-corrected chi connectivity index (χ4v) is 5.57. The molecule has 2 heterocycles. The highest BCUT2D eigenvalue weighted by atomic mass is 16.6. The average molecular weight is 521 g/mol. The van der Waals surface area contributed by atoms with Gasteiger partial charge in [-0.15, -0.1) is 0 Å². The summed E-state index contributed by atoms with van der Waals surface area (Å²) >= 11 is 0. The van der Waals surface area contributed by atoms with Crippen LogP contribution in [0.5, 0.6) is 11.5 Å². The van der Waals surface area contributed by atoms with Gasteiger partial charge in [-0.05, 0) is 53.1 Å². The van der Waals surface area contributed by atoms with E-state index in [1.165, 1.54) is 0 Å². The number of amides is 2. The molecule has 39 heavy (non-hydrogen) atoms. The van der Waals surface area contributed by atoms with Gasteiger partial charge in [-0.2, -0.15) is 0 Å². The van der Waals surface area contributed by atoms with Gasteiger partial charge >= 0.3 is 6.09 Å². The SMILES string of the molecule is COc1ccc([C@H]2[C@@H](N3C(=O)O[C@@H](c4ccccc4)[C@H]3c3ccccc3)C(=O)N2c2ccc(OC)cc2)cc1. The fraction of sp³-hybridized carbons (Fsp3) is 0.188. The largest absolute Gasteiger partial charge is 0.497 e. The second kappa shape index (κ2) is 10.2. The minimum absolute atomic E-state index is 0.174. The van der Waals surface area contributed by atoms with E-state index in [0.29, 0.717) is 11.5 Å². The van der Waals surface area contributed by atoms with Gasteiger partial charge in [0.15, 0.2) is 6.10 Å². The first-order chi connectivity index (χ1) is 19.1. The molecule has 0 saturated carbocycles. The lowest BCUT2D eigenvalue weighted by atomic mass is 9.84. The van der Waals surface area contributed by atoms with Gasteiger partial charge in [-0.3, -0.25) is 9.69 Å². The molecule has 0 N–H and O–H groups in total. The molecule has 6 rings (SSSR count). The molecule has 7 nitrogen and oxygen atoms in total. The molecule has 2 amide bonds. The Labute approximate surface area is 227 Å². The second-order valence-corrected chi connectivity index (χ2v) is 9.55. The van der Waals surface area contributed by atoms with Crippen LogP contribution in [0.2, 0.25) is 0 Å². The van der Waals surface area contributed by atoms with E-state index < -0.39 is 30.3 Å². The van der Waals surface area contributed by atoms with E-state index in [1.54, 1.807) is 24.0 Å². The van der Waals surface area contributed by atoms with E-state index in [-0.39, 0.29) is 5.91 Å². The van der Waals surface area contributed by atoms with Crippen LogP contribution in [0.1, 0.15) is 34.9 Å². The van der Waals surface area contributed by atoms with Crippen LogP contribution >= 0.6 is 0 Å². The Morgan fingerprint density at radius 1 is 0.590 bits per heavy atom. The average Bonchev–Trinajstić information content (AvgIpc) is 3.33. The molecule has 2 saturated heterocycles. The van der Waals surface area contributed by atoms with Crippen molar-refractivity contribution in [2.75, 3.05) is 19.1 Å². The number of benzene rings is 4. The number of cyclic esters (lactones) is 1. The Bertz CT molecular complexity index is 1460. The maximum atomic E-state index is 14.0. The van der Waals surface area contributed by atoms with Gasteiger partial charge in [-0.25, -0.2) is 4.79 Å². The molecule has 4 atom stereocenters. The third-order valence-electron chi connectivity index (χ3n) is 7.47. The molecule has 2 aliphatic heterocycles. The quantitative estimate of drug-likeness (QED) is 0.276. The summed E-state index contributed by atoms with van der Waals surface area (Å²) in [5.41, 5.74) is 3.39. The molecule has 7 heteroatoms. The number of carbonyl (C=O) groups excluding carboxylic acids is 2. The molecule has 0 bridgehead atoms. The number of ether oxygens (including phenoxy) is 3. The highest BCUT2D eigenvalue weighted by molar-refractivity contribution is 6.07. The van der Waals surface area contributed by atoms with Crippen LogP contribution in [-0.4, -0.2) is 37.2 Å². The van der Waals surface area contributed by atoms with Crippen molar-refractivity contribution in [2.24, 2.45) is 0 Å². The van der Waals surface area contributed by atoms with E-state index in [9.17, 15) is 9.59 Å². The minimum Gasteiger partial charge on any atom is -0.497 e. The predicted octanol–water partition coefficient (Wildman–Crippen LogP) is 6.10. The van der Waals surface area contributed by atoms with E-state index in [4.69, 9.17) is 14.2 Å². The summed E-state index contributed by atoms with van der Waals surface area (Å²) in [5, 5.41) is 0. The Morgan fingerprint density at radius 2 is 1.10 bits per heavy atom. The van der Waals surface area contributed by atoms with Gasteiger partial charge in [0.25, 0.3) is 5.91 Å². The number of hydrogen-bond acceptors (Lipinski definition) is 5. The molecule has 0 unspecified atom stereocenters. The molecule has 2 aliphatic rings. The first-order valence-electron chi connectivity index (χ1n) is 12.8. The summed E-state index contributed by atoms with van der Waals surface area (Å²) in [6.45, 7) is 0. The van der Waals surface area contributed by atoms with Crippen LogP contribution in [0.4, 0.5) is 10.5 Å². The highest BCUT2D eigenvalue weighted by Gasteiger charge is 2.59. The summed E-state index contributed by atoms with van der Waals surface area (Å²) in [7, 11) is 3.22. The van der Waals surface area contributed by atoms with Crippen LogP contribution < -0.4 is 14.4 Å². The Kier molecular flexibility index (Phi) is 6.40. The van der Waals surface area contributed by atoms with Crippen molar-refractivity contribution in [3.8, 4) is 11.5 Å². The summed E-state index contributed by atoms with van der Waals surface area (Å²) < 4.78 is 16.7. The molecular weight excluding hydrogens is 492 g/mol. The third kappa shape index (κ3) is 4.26. The van der Waals surface area contributed by atoms with E-state index in [1.807, 2.05) is 109 Å². The van der Waals surface area contributed by atoms with Crippen molar-refractivity contribution in [3.05, 3.63) is 126 Å². The number of hydrogen-bond donors (Lipinski definition) is 0. The number of nitrogens with zero attached hydrogens (tertiary/aromatic N) is 2. The first-order valence-corrected chi connectivity index (χ1v) is 12.8. The Balaban J connectivity index is 1.44. The molecule has 0 aromatic heterocycles. The predicted molar refractivity (Wildman–Crippen MR) is 147 cm³/mol. The van der Waals surface area contributed by atoms with Crippen molar-refractivity contribution in [2.45, 2.75) is 24.2 Å². The van der Waals surface area contributed by atoms with Gasteiger partial charge in [0.1, 0.15) is 23.6 Å². The van der Waals surface area contributed by atoms with Crippen LogP contribution in [0.15, 0.2) is 109 Å². The van der Waals surface area contributed by atoms with Crippen molar-refractivity contribution < 1.29 is 23.8 Å². The summed E-state index contributed by atoms with van der Waals surface area (Å²) in [5.74, 6) is 1.23. The van der Waals surface area contributed by atoms with Gasteiger partial charge < -0.3 is 19.1 Å². The fourth-order valence-electron chi connectivity index (χ4n) is 5.57. The monoisotopic (exact) mass is 520 g/mol. The molecule has 4 aromatic carbocycles. The molecular formula is C32H28N2O5. The first kappa shape index (κ1) is 24.6. The molecule has 0 aliphatic carbocycles. The topological polar surface area (TPSA) is 68.3 Å². The maximum absolute atomic E-state index is 14.0. The number of anilines is 1. The molecule has 0 spiro atoms. The highest BCUT2D eigenvalue weighted by Crippen LogP contribution is 2.51. The van der Waals surface area contributed by atoms with Crippen molar-refractivity contribution >= 4 is 17.7 Å². The zero-order chi connectivity index (χ0) is 26.9. The van der Waals surface area contributed by atoms with E-state index in [2.05, 4.69) is 0 Å². The van der Waals surface area contributed by atoms with Crippen molar-refractivity contribution in [1.29, 1.82) is 0 Å². The number of methoxy groups -OCH3 is 2.